The smallest absolute Gasteiger partial charge is 0.139 e. The van der Waals surface area contributed by atoms with Gasteiger partial charge >= 0.3 is 0 Å². The molecule has 24 heavy (non-hydrogen) atoms. The van der Waals surface area contributed by atoms with Gasteiger partial charge in [0.05, 0.1) is 0 Å². The molecule has 0 bridgehead atoms. The zero-order chi connectivity index (χ0) is 17.8. The highest BCUT2D eigenvalue weighted by Gasteiger charge is 2.64. The summed E-state index contributed by atoms with van der Waals surface area (Å²) in [5.41, 5.74) is -0.105. The zero-order valence-corrected chi connectivity index (χ0v) is 15.7. The van der Waals surface area contributed by atoms with Crippen LogP contribution < -0.4 is 0 Å². The van der Waals surface area contributed by atoms with E-state index in [0.29, 0.717) is 49.1 Å². The SMILES string of the molecule is CC(=O)CC[C@@]1(C)C(=O)CCC2(C)[C@H]1CC[C@H]1CC(=O)CC[C@@]12C. The molecule has 3 fully saturated rings. The van der Waals surface area contributed by atoms with Gasteiger partial charge in [0.1, 0.15) is 17.3 Å². The van der Waals surface area contributed by atoms with Gasteiger partial charge < -0.3 is 4.79 Å². The van der Waals surface area contributed by atoms with Gasteiger partial charge in [0.2, 0.25) is 0 Å². The molecule has 0 aliphatic heterocycles. The lowest BCUT2D eigenvalue weighted by molar-refractivity contribution is -0.182. The minimum atomic E-state index is -0.367. The molecule has 3 heteroatoms. The molecule has 0 aromatic heterocycles. The van der Waals surface area contributed by atoms with Crippen LogP contribution in [0.3, 0.4) is 0 Å². The van der Waals surface area contributed by atoms with Crippen molar-refractivity contribution in [2.75, 3.05) is 0 Å². The topological polar surface area (TPSA) is 51.2 Å². The van der Waals surface area contributed by atoms with Crippen LogP contribution in [0.2, 0.25) is 0 Å². The third-order valence-corrected chi connectivity index (χ3v) is 8.45. The fraction of sp³-hybridized carbons (Fsp3) is 0.857. The third-order valence-electron chi connectivity index (χ3n) is 8.45. The van der Waals surface area contributed by atoms with Crippen LogP contribution in [-0.4, -0.2) is 17.3 Å². The fourth-order valence-corrected chi connectivity index (χ4v) is 6.55. The van der Waals surface area contributed by atoms with E-state index in [0.717, 1.165) is 32.1 Å². The lowest BCUT2D eigenvalue weighted by Crippen LogP contribution is -2.61. The average molecular weight is 332 g/mol. The van der Waals surface area contributed by atoms with Gasteiger partial charge in [-0.15, -0.1) is 0 Å². The molecule has 0 saturated heterocycles. The molecule has 3 rings (SSSR count). The molecule has 0 spiro atoms. The summed E-state index contributed by atoms with van der Waals surface area (Å²) >= 11 is 0. The Kier molecular flexibility index (Phi) is 4.29. The van der Waals surface area contributed by atoms with Crippen LogP contribution in [0.4, 0.5) is 0 Å². The highest BCUT2D eigenvalue weighted by atomic mass is 16.1. The highest BCUT2D eigenvalue weighted by molar-refractivity contribution is 5.87. The van der Waals surface area contributed by atoms with Gasteiger partial charge in [0.25, 0.3) is 0 Å². The molecule has 1 unspecified atom stereocenters. The van der Waals surface area contributed by atoms with Crippen molar-refractivity contribution < 1.29 is 14.4 Å². The molecule has 0 amide bonds. The standard InChI is InChI=1S/C21H32O3/c1-14(22)7-10-19(2)17-6-5-15-13-16(23)8-11-20(15,3)21(17,4)12-9-18(19)24/h15,17H,5-13H2,1-4H3/t15-,17-,19+,20-,21?/m0/s1. The summed E-state index contributed by atoms with van der Waals surface area (Å²) < 4.78 is 0. The Morgan fingerprint density at radius 3 is 2.38 bits per heavy atom. The molecular weight excluding hydrogens is 300 g/mol. The summed E-state index contributed by atoms with van der Waals surface area (Å²) in [7, 11) is 0. The predicted molar refractivity (Wildman–Crippen MR) is 93.5 cm³/mol. The number of ketones is 3. The first kappa shape index (κ1) is 17.8. The summed E-state index contributed by atoms with van der Waals surface area (Å²) in [5, 5.41) is 0. The number of carbonyl (C=O) groups excluding carboxylic acids is 3. The summed E-state index contributed by atoms with van der Waals surface area (Å²) in [6.07, 6.45) is 7.29. The minimum Gasteiger partial charge on any atom is -0.300 e. The molecule has 3 saturated carbocycles. The van der Waals surface area contributed by atoms with E-state index in [4.69, 9.17) is 0 Å². The molecule has 3 aliphatic rings. The number of rotatable bonds is 3. The molecule has 3 nitrogen and oxygen atoms in total. The predicted octanol–water partition coefficient (Wildman–Crippen LogP) is 4.52. The summed E-state index contributed by atoms with van der Waals surface area (Å²) in [6.45, 7) is 8.52. The first-order valence-corrected chi connectivity index (χ1v) is 9.68. The Morgan fingerprint density at radius 2 is 1.71 bits per heavy atom. The van der Waals surface area contributed by atoms with E-state index in [-0.39, 0.29) is 22.0 Å². The number of hydrogen-bond donors (Lipinski definition) is 0. The van der Waals surface area contributed by atoms with E-state index in [1.165, 1.54) is 0 Å². The number of hydrogen-bond acceptors (Lipinski definition) is 3. The van der Waals surface area contributed by atoms with E-state index in [1.807, 2.05) is 0 Å². The molecule has 3 aliphatic carbocycles. The third kappa shape index (κ3) is 2.42. The van der Waals surface area contributed by atoms with Crippen LogP contribution in [0.5, 0.6) is 0 Å². The van der Waals surface area contributed by atoms with Crippen LogP contribution in [0.25, 0.3) is 0 Å². The summed E-state index contributed by atoms with van der Waals surface area (Å²) in [5.74, 6) is 1.79. The summed E-state index contributed by atoms with van der Waals surface area (Å²) in [6, 6.07) is 0. The van der Waals surface area contributed by atoms with Crippen LogP contribution in [-0.2, 0) is 14.4 Å². The quantitative estimate of drug-likeness (QED) is 0.763. The van der Waals surface area contributed by atoms with Crippen LogP contribution in [0.1, 0.15) is 85.5 Å². The maximum absolute atomic E-state index is 12.9. The largest absolute Gasteiger partial charge is 0.300 e. The Labute approximate surface area is 146 Å². The molecule has 0 radical (unpaired) electrons. The monoisotopic (exact) mass is 332 g/mol. The molecule has 134 valence electrons. The maximum Gasteiger partial charge on any atom is 0.139 e. The van der Waals surface area contributed by atoms with Gasteiger partial charge in [-0.05, 0) is 61.7 Å². The van der Waals surface area contributed by atoms with Crippen molar-refractivity contribution in [3.63, 3.8) is 0 Å². The van der Waals surface area contributed by atoms with E-state index < -0.39 is 0 Å². The van der Waals surface area contributed by atoms with E-state index in [9.17, 15) is 14.4 Å². The van der Waals surface area contributed by atoms with Crippen LogP contribution >= 0.6 is 0 Å². The Morgan fingerprint density at radius 1 is 1.04 bits per heavy atom. The average Bonchev–Trinajstić information content (AvgIpc) is 2.52. The van der Waals surface area contributed by atoms with Crippen molar-refractivity contribution in [1.82, 2.24) is 0 Å². The Bertz CT molecular complexity index is 580. The molecule has 0 aromatic rings. The van der Waals surface area contributed by atoms with Gasteiger partial charge in [-0.2, -0.15) is 0 Å². The molecule has 5 atom stereocenters. The van der Waals surface area contributed by atoms with Crippen molar-refractivity contribution in [3.8, 4) is 0 Å². The fourth-order valence-electron chi connectivity index (χ4n) is 6.55. The second kappa shape index (κ2) is 5.78. The molecule has 0 N–H and O–H groups in total. The van der Waals surface area contributed by atoms with Crippen molar-refractivity contribution in [1.29, 1.82) is 0 Å². The molecule has 0 heterocycles. The zero-order valence-electron chi connectivity index (χ0n) is 15.7. The van der Waals surface area contributed by atoms with Gasteiger partial charge in [-0.1, -0.05) is 20.8 Å². The second-order valence-corrected chi connectivity index (χ2v) is 9.45. The molecule has 0 aromatic carbocycles. The Balaban J connectivity index is 1.96. The van der Waals surface area contributed by atoms with Crippen LogP contribution in [0, 0.1) is 28.1 Å². The van der Waals surface area contributed by atoms with Gasteiger partial charge in [-0.25, -0.2) is 0 Å². The van der Waals surface area contributed by atoms with E-state index in [2.05, 4.69) is 20.8 Å². The van der Waals surface area contributed by atoms with Crippen LogP contribution in [0.15, 0.2) is 0 Å². The highest BCUT2D eigenvalue weighted by Crippen LogP contribution is 2.68. The van der Waals surface area contributed by atoms with Gasteiger partial charge in [0.15, 0.2) is 0 Å². The minimum absolute atomic E-state index is 0.107. The van der Waals surface area contributed by atoms with Gasteiger partial charge in [-0.3, -0.25) is 9.59 Å². The van der Waals surface area contributed by atoms with E-state index in [1.54, 1.807) is 6.92 Å². The van der Waals surface area contributed by atoms with E-state index >= 15 is 0 Å². The number of Topliss-reactive ketones (excluding diaryl/α,β-unsaturated/α-hetero) is 3. The first-order chi connectivity index (χ1) is 11.1. The number of fused-ring (bicyclic) bond motifs is 3. The second-order valence-electron chi connectivity index (χ2n) is 9.45. The maximum atomic E-state index is 12.9. The normalized spacial score (nSPS) is 45.5. The lowest BCUT2D eigenvalue weighted by atomic mass is 9.38. The van der Waals surface area contributed by atoms with Crippen molar-refractivity contribution in [2.45, 2.75) is 85.5 Å². The molecular formula is C21H32O3. The lowest BCUT2D eigenvalue weighted by Gasteiger charge is -2.65. The first-order valence-electron chi connectivity index (χ1n) is 9.68. The number of carbonyl (C=O) groups is 3. The summed E-state index contributed by atoms with van der Waals surface area (Å²) in [4.78, 5) is 36.4. The van der Waals surface area contributed by atoms with Gasteiger partial charge in [0, 0.05) is 31.1 Å². The van der Waals surface area contributed by atoms with Crippen molar-refractivity contribution in [2.24, 2.45) is 28.1 Å². The Hall–Kier alpha value is -0.990. The van der Waals surface area contributed by atoms with Crippen molar-refractivity contribution >= 4 is 17.3 Å². The van der Waals surface area contributed by atoms with Crippen molar-refractivity contribution in [3.05, 3.63) is 0 Å².